The summed E-state index contributed by atoms with van der Waals surface area (Å²) in [4.78, 5) is 17.2. The predicted octanol–water partition coefficient (Wildman–Crippen LogP) is 3.10. The van der Waals surface area contributed by atoms with Crippen LogP contribution in [0.15, 0.2) is 40.1 Å². The number of rotatable bonds is 7. The average molecular weight is 315 g/mol. The van der Waals surface area contributed by atoms with E-state index in [0.717, 1.165) is 23.5 Å². The van der Waals surface area contributed by atoms with Crippen LogP contribution in [0.5, 0.6) is 0 Å². The number of nitrogens with zero attached hydrogens (tertiary/aromatic N) is 2. The number of nitrogens with one attached hydrogen (secondary N) is 1. The molecule has 0 saturated heterocycles. The van der Waals surface area contributed by atoms with E-state index in [1.165, 1.54) is 0 Å². The van der Waals surface area contributed by atoms with Crippen molar-refractivity contribution in [1.82, 2.24) is 9.78 Å². The van der Waals surface area contributed by atoms with Crippen molar-refractivity contribution in [3.05, 3.63) is 51.9 Å². The molecule has 5 heteroatoms. The Morgan fingerprint density at radius 2 is 2.00 bits per heavy atom. The van der Waals surface area contributed by atoms with E-state index in [4.69, 9.17) is 4.74 Å². The van der Waals surface area contributed by atoms with Crippen LogP contribution in [0.1, 0.15) is 38.4 Å². The molecule has 2 aromatic rings. The first-order valence-electron chi connectivity index (χ1n) is 8.00. The third-order valence-corrected chi connectivity index (χ3v) is 3.55. The summed E-state index contributed by atoms with van der Waals surface area (Å²) in [5.74, 6) is 0. The zero-order valence-electron chi connectivity index (χ0n) is 14.3. The van der Waals surface area contributed by atoms with E-state index in [2.05, 4.69) is 10.1 Å². The summed E-state index contributed by atoms with van der Waals surface area (Å²) >= 11 is 0. The summed E-state index contributed by atoms with van der Waals surface area (Å²) in [6, 6.07) is 9.55. The van der Waals surface area contributed by atoms with E-state index in [1.807, 2.05) is 58.0 Å². The number of ether oxygens (including phenoxy) is 1. The summed E-state index contributed by atoms with van der Waals surface area (Å²) in [7, 11) is 0. The largest absolute Gasteiger partial charge is 0.379 e. The van der Waals surface area contributed by atoms with Gasteiger partial charge >= 0.3 is 0 Å². The fraction of sp³-hybridized carbons (Fsp3) is 0.444. The summed E-state index contributed by atoms with van der Waals surface area (Å²) in [6.45, 7) is 9.17. The van der Waals surface area contributed by atoms with Crippen molar-refractivity contribution in [2.75, 3.05) is 13.2 Å². The Balaban J connectivity index is 2.14. The van der Waals surface area contributed by atoms with Gasteiger partial charge in [-0.1, -0.05) is 18.2 Å². The van der Waals surface area contributed by atoms with E-state index in [0.29, 0.717) is 18.7 Å². The predicted molar refractivity (Wildman–Crippen MR) is 93.9 cm³/mol. The van der Waals surface area contributed by atoms with Gasteiger partial charge in [0.25, 0.3) is 5.56 Å². The minimum absolute atomic E-state index is 0.0617. The number of aliphatic imine (C=N–C) groups is 1. The van der Waals surface area contributed by atoms with Gasteiger partial charge in [-0.3, -0.25) is 14.9 Å². The van der Waals surface area contributed by atoms with E-state index < -0.39 is 0 Å². The lowest BCUT2D eigenvalue weighted by atomic mass is 10.2. The topological polar surface area (TPSA) is 59.4 Å². The fourth-order valence-electron chi connectivity index (χ4n) is 2.44. The molecule has 0 fully saturated rings. The van der Waals surface area contributed by atoms with Gasteiger partial charge in [0.1, 0.15) is 0 Å². The molecule has 0 spiro atoms. The number of benzene rings is 1. The molecule has 2 rings (SSSR count). The summed E-state index contributed by atoms with van der Waals surface area (Å²) in [5.41, 5.74) is 3.01. The van der Waals surface area contributed by atoms with Crippen LogP contribution in [0.25, 0.3) is 5.69 Å². The first-order valence-corrected chi connectivity index (χ1v) is 8.00. The number of aromatic amines is 1. The van der Waals surface area contributed by atoms with E-state index >= 15 is 0 Å². The van der Waals surface area contributed by atoms with E-state index in [9.17, 15) is 4.79 Å². The third kappa shape index (κ3) is 4.42. The fourth-order valence-corrected chi connectivity index (χ4v) is 2.44. The average Bonchev–Trinajstić information content (AvgIpc) is 2.82. The lowest BCUT2D eigenvalue weighted by molar-refractivity contribution is 0.0783. The number of para-hydroxylation sites is 1. The Morgan fingerprint density at radius 3 is 2.65 bits per heavy atom. The molecule has 1 N–H and O–H groups in total. The van der Waals surface area contributed by atoms with Crippen molar-refractivity contribution in [1.29, 1.82) is 0 Å². The maximum atomic E-state index is 12.6. The second-order valence-corrected chi connectivity index (χ2v) is 5.83. The summed E-state index contributed by atoms with van der Waals surface area (Å²) < 4.78 is 7.06. The molecule has 0 atom stereocenters. The molecule has 0 unspecified atom stereocenters. The highest BCUT2D eigenvalue weighted by molar-refractivity contribution is 5.99. The highest BCUT2D eigenvalue weighted by atomic mass is 16.5. The standard InChI is InChI=1S/C18H25N3O2/c1-13(2)23-12-8-11-19-14(3)17-15(4)20-21(18(17)22)16-9-6-5-7-10-16/h5-7,9-10,13,20H,8,11-12H2,1-4H3. The van der Waals surface area contributed by atoms with Crippen LogP contribution in [0, 0.1) is 6.92 Å². The zero-order chi connectivity index (χ0) is 16.8. The van der Waals surface area contributed by atoms with Crippen molar-refractivity contribution in [3.8, 4) is 5.69 Å². The highest BCUT2D eigenvalue weighted by Crippen LogP contribution is 2.08. The molecular formula is C18H25N3O2. The van der Waals surface area contributed by atoms with Gasteiger partial charge in [-0.05, 0) is 46.2 Å². The third-order valence-electron chi connectivity index (χ3n) is 3.55. The Morgan fingerprint density at radius 1 is 1.30 bits per heavy atom. The number of H-pyrrole nitrogens is 1. The molecular weight excluding hydrogens is 290 g/mol. The van der Waals surface area contributed by atoms with Gasteiger partial charge < -0.3 is 4.74 Å². The number of aryl methyl sites for hydroxylation is 1. The van der Waals surface area contributed by atoms with Gasteiger partial charge in [0.15, 0.2) is 0 Å². The molecule has 0 saturated carbocycles. The Labute approximate surface area is 137 Å². The van der Waals surface area contributed by atoms with Gasteiger partial charge in [-0.15, -0.1) is 0 Å². The number of hydrogen-bond acceptors (Lipinski definition) is 3. The summed E-state index contributed by atoms with van der Waals surface area (Å²) in [5, 5.41) is 3.13. The minimum atomic E-state index is -0.0617. The second-order valence-electron chi connectivity index (χ2n) is 5.83. The van der Waals surface area contributed by atoms with Crippen LogP contribution in [-0.4, -0.2) is 34.7 Å². The van der Waals surface area contributed by atoms with Crippen LogP contribution in [0.3, 0.4) is 0 Å². The Bertz CT molecular complexity index is 712. The molecule has 0 bridgehead atoms. The van der Waals surface area contributed by atoms with Gasteiger partial charge in [-0.25, -0.2) is 4.68 Å². The first kappa shape index (κ1) is 17.2. The van der Waals surface area contributed by atoms with Crippen molar-refractivity contribution in [2.45, 2.75) is 40.2 Å². The maximum Gasteiger partial charge on any atom is 0.280 e. The first-order chi connectivity index (χ1) is 11.0. The van der Waals surface area contributed by atoms with Crippen molar-refractivity contribution >= 4 is 5.71 Å². The van der Waals surface area contributed by atoms with Gasteiger partial charge in [0, 0.05) is 24.6 Å². The van der Waals surface area contributed by atoms with Crippen LogP contribution in [0.4, 0.5) is 0 Å². The smallest absolute Gasteiger partial charge is 0.280 e. The zero-order valence-corrected chi connectivity index (χ0v) is 14.3. The number of aromatic nitrogens is 2. The van der Waals surface area contributed by atoms with Crippen molar-refractivity contribution < 1.29 is 4.74 Å². The monoisotopic (exact) mass is 315 g/mol. The van der Waals surface area contributed by atoms with Gasteiger partial charge in [0.2, 0.25) is 0 Å². The summed E-state index contributed by atoms with van der Waals surface area (Å²) in [6.07, 6.45) is 1.09. The molecule has 0 aliphatic rings. The van der Waals surface area contributed by atoms with Gasteiger partial charge in [-0.2, -0.15) is 0 Å². The lowest BCUT2D eigenvalue weighted by Gasteiger charge is -2.05. The van der Waals surface area contributed by atoms with Crippen molar-refractivity contribution in [3.63, 3.8) is 0 Å². The normalized spacial score (nSPS) is 12.1. The van der Waals surface area contributed by atoms with E-state index in [-0.39, 0.29) is 11.7 Å². The molecule has 0 radical (unpaired) electrons. The second kappa shape index (κ2) is 7.92. The SMILES string of the molecule is CC(=NCCCOC(C)C)c1c(C)[nH]n(-c2ccccc2)c1=O. The molecule has 1 aromatic heterocycles. The van der Waals surface area contributed by atoms with Crippen LogP contribution in [0.2, 0.25) is 0 Å². The molecule has 124 valence electrons. The van der Waals surface area contributed by atoms with E-state index in [1.54, 1.807) is 4.68 Å². The maximum absolute atomic E-state index is 12.6. The quantitative estimate of drug-likeness (QED) is 0.630. The molecule has 1 heterocycles. The lowest BCUT2D eigenvalue weighted by Crippen LogP contribution is -2.19. The Kier molecular flexibility index (Phi) is 5.93. The van der Waals surface area contributed by atoms with Crippen LogP contribution in [-0.2, 0) is 4.74 Å². The molecule has 0 amide bonds. The molecule has 0 aliphatic heterocycles. The van der Waals surface area contributed by atoms with Crippen LogP contribution < -0.4 is 5.56 Å². The number of hydrogen-bond donors (Lipinski definition) is 1. The van der Waals surface area contributed by atoms with Crippen LogP contribution >= 0.6 is 0 Å². The molecule has 5 nitrogen and oxygen atoms in total. The molecule has 0 aliphatic carbocycles. The van der Waals surface area contributed by atoms with Crippen molar-refractivity contribution in [2.24, 2.45) is 4.99 Å². The Hall–Kier alpha value is -2.14. The molecule has 23 heavy (non-hydrogen) atoms. The minimum Gasteiger partial charge on any atom is -0.379 e. The molecule has 1 aromatic carbocycles. The highest BCUT2D eigenvalue weighted by Gasteiger charge is 2.14. The van der Waals surface area contributed by atoms with Gasteiger partial charge in [0.05, 0.1) is 17.4 Å².